The van der Waals surface area contributed by atoms with Crippen LogP contribution in [0.4, 0.5) is 18.9 Å². The van der Waals surface area contributed by atoms with Crippen molar-refractivity contribution in [2.45, 2.75) is 18.7 Å². The first-order valence-electron chi connectivity index (χ1n) is 6.87. The average Bonchev–Trinajstić information content (AvgIpc) is 2.54. The van der Waals surface area contributed by atoms with Crippen molar-refractivity contribution in [3.8, 4) is 6.07 Å². The first-order valence-corrected chi connectivity index (χ1v) is 6.87. The summed E-state index contributed by atoms with van der Waals surface area (Å²) in [6, 6.07) is 12.3. The Morgan fingerprint density at radius 1 is 1.17 bits per heavy atom. The van der Waals surface area contributed by atoms with Crippen LogP contribution in [0.1, 0.15) is 23.6 Å². The van der Waals surface area contributed by atoms with Crippen LogP contribution in [0.25, 0.3) is 0 Å². The van der Waals surface area contributed by atoms with Crippen LogP contribution in [0.2, 0.25) is 0 Å². The van der Waals surface area contributed by atoms with E-state index in [-0.39, 0.29) is 5.69 Å². The number of aliphatic hydroxyl groups is 1. The lowest BCUT2D eigenvalue weighted by Crippen LogP contribution is -2.37. The molecule has 1 atom stereocenters. The second-order valence-electron chi connectivity index (χ2n) is 5.26. The molecule has 0 aliphatic rings. The molecule has 0 aromatic heterocycles. The Morgan fingerprint density at radius 3 is 2.33 bits per heavy atom. The number of carbonyl (C=O) groups excluding carboxylic acids is 1. The van der Waals surface area contributed by atoms with Gasteiger partial charge < -0.3 is 10.4 Å². The molecule has 2 aromatic carbocycles. The normalized spacial score (nSPS) is 13.7. The molecule has 0 fully saturated rings. The zero-order valence-corrected chi connectivity index (χ0v) is 12.6. The third-order valence-electron chi connectivity index (χ3n) is 3.48. The average molecular weight is 334 g/mol. The van der Waals surface area contributed by atoms with Crippen molar-refractivity contribution in [2.24, 2.45) is 0 Å². The van der Waals surface area contributed by atoms with E-state index in [4.69, 9.17) is 5.26 Å². The van der Waals surface area contributed by atoms with E-state index >= 15 is 0 Å². The van der Waals surface area contributed by atoms with E-state index in [1.54, 1.807) is 18.2 Å². The fourth-order valence-corrected chi connectivity index (χ4v) is 2.10. The SMILES string of the molecule is CC(O)(C(=O)Nc1ccc(C#N)c(C(F)(F)F)c1)c1ccccc1. The van der Waals surface area contributed by atoms with Crippen LogP contribution in [0.15, 0.2) is 48.5 Å². The lowest BCUT2D eigenvalue weighted by molar-refractivity contribution is -0.138. The molecule has 2 N–H and O–H groups in total. The van der Waals surface area contributed by atoms with Gasteiger partial charge in [-0.25, -0.2) is 0 Å². The Bertz CT molecular complexity index is 794. The van der Waals surface area contributed by atoms with Gasteiger partial charge in [-0.1, -0.05) is 30.3 Å². The van der Waals surface area contributed by atoms with Crippen LogP contribution in [0.3, 0.4) is 0 Å². The number of alkyl halides is 3. The molecule has 0 aliphatic carbocycles. The summed E-state index contributed by atoms with van der Waals surface area (Å²) >= 11 is 0. The van der Waals surface area contributed by atoms with Gasteiger partial charge >= 0.3 is 6.18 Å². The van der Waals surface area contributed by atoms with Gasteiger partial charge in [0.1, 0.15) is 0 Å². The van der Waals surface area contributed by atoms with Crippen molar-refractivity contribution in [3.63, 3.8) is 0 Å². The van der Waals surface area contributed by atoms with Crippen molar-refractivity contribution in [3.05, 3.63) is 65.2 Å². The number of nitrogens with zero attached hydrogens (tertiary/aromatic N) is 1. The van der Waals surface area contributed by atoms with Crippen molar-refractivity contribution in [1.82, 2.24) is 0 Å². The number of benzene rings is 2. The third kappa shape index (κ3) is 3.55. The molecule has 1 amide bonds. The highest BCUT2D eigenvalue weighted by Crippen LogP contribution is 2.34. The summed E-state index contributed by atoms with van der Waals surface area (Å²) in [4.78, 5) is 12.2. The largest absolute Gasteiger partial charge is 0.417 e. The number of hydrogen-bond acceptors (Lipinski definition) is 3. The van der Waals surface area contributed by atoms with Crippen molar-refractivity contribution >= 4 is 11.6 Å². The lowest BCUT2D eigenvalue weighted by atomic mass is 9.95. The van der Waals surface area contributed by atoms with Gasteiger partial charge in [0, 0.05) is 5.69 Å². The number of nitriles is 1. The monoisotopic (exact) mass is 334 g/mol. The van der Waals surface area contributed by atoms with Gasteiger partial charge in [0.15, 0.2) is 5.60 Å². The number of rotatable bonds is 3. The summed E-state index contributed by atoms with van der Waals surface area (Å²) in [7, 11) is 0. The molecule has 0 aliphatic heterocycles. The van der Waals surface area contributed by atoms with Gasteiger partial charge in [0.2, 0.25) is 0 Å². The molecule has 7 heteroatoms. The highest BCUT2D eigenvalue weighted by Gasteiger charge is 2.35. The molecule has 0 heterocycles. The zero-order valence-electron chi connectivity index (χ0n) is 12.6. The summed E-state index contributed by atoms with van der Waals surface area (Å²) in [5.41, 5.74) is -3.49. The summed E-state index contributed by atoms with van der Waals surface area (Å²) in [6.45, 7) is 1.24. The summed E-state index contributed by atoms with van der Waals surface area (Å²) in [6.07, 6.45) is -4.73. The Labute approximate surface area is 136 Å². The Kier molecular flexibility index (Phi) is 4.62. The maximum Gasteiger partial charge on any atom is 0.417 e. The molecule has 0 radical (unpaired) electrons. The van der Waals surface area contributed by atoms with Crippen LogP contribution in [-0.4, -0.2) is 11.0 Å². The summed E-state index contributed by atoms with van der Waals surface area (Å²) in [5, 5.41) is 21.4. The predicted molar refractivity (Wildman–Crippen MR) is 80.8 cm³/mol. The fourth-order valence-electron chi connectivity index (χ4n) is 2.10. The predicted octanol–water partition coefficient (Wildman–Crippen LogP) is 3.42. The number of hydrogen-bond donors (Lipinski definition) is 2. The van der Waals surface area contributed by atoms with Gasteiger partial charge in [0.25, 0.3) is 5.91 Å². The van der Waals surface area contributed by atoms with E-state index in [0.717, 1.165) is 6.07 Å². The van der Waals surface area contributed by atoms with Crippen molar-refractivity contribution < 1.29 is 23.1 Å². The van der Waals surface area contributed by atoms with Crippen LogP contribution in [0.5, 0.6) is 0 Å². The lowest BCUT2D eigenvalue weighted by Gasteiger charge is -2.23. The quantitative estimate of drug-likeness (QED) is 0.903. The maximum atomic E-state index is 12.9. The molecule has 2 rings (SSSR count). The van der Waals surface area contributed by atoms with Crippen LogP contribution in [-0.2, 0) is 16.6 Å². The molecule has 0 saturated carbocycles. The minimum absolute atomic E-state index is 0.164. The Hall–Kier alpha value is -2.85. The Morgan fingerprint density at radius 2 is 1.79 bits per heavy atom. The van der Waals surface area contributed by atoms with Crippen molar-refractivity contribution in [2.75, 3.05) is 5.32 Å². The highest BCUT2D eigenvalue weighted by atomic mass is 19.4. The molecular weight excluding hydrogens is 321 g/mol. The van der Waals surface area contributed by atoms with E-state index in [0.29, 0.717) is 11.6 Å². The van der Waals surface area contributed by atoms with Crippen LogP contribution in [0, 0.1) is 11.3 Å². The first kappa shape index (κ1) is 17.5. The second-order valence-corrected chi connectivity index (χ2v) is 5.26. The van der Waals surface area contributed by atoms with E-state index in [2.05, 4.69) is 5.32 Å². The number of halogens is 3. The molecule has 2 aromatic rings. The van der Waals surface area contributed by atoms with Gasteiger partial charge in [-0.3, -0.25) is 4.79 Å². The van der Waals surface area contributed by atoms with Gasteiger partial charge in [-0.05, 0) is 30.7 Å². The smallest absolute Gasteiger partial charge is 0.376 e. The summed E-state index contributed by atoms with van der Waals surface area (Å²) < 4.78 is 38.8. The molecule has 0 spiro atoms. The zero-order chi connectivity index (χ0) is 18.0. The summed E-state index contributed by atoms with van der Waals surface area (Å²) in [5.74, 6) is -0.883. The highest BCUT2D eigenvalue weighted by molar-refractivity contribution is 5.97. The van der Waals surface area contributed by atoms with Gasteiger partial charge in [0.05, 0.1) is 17.2 Å². The van der Waals surface area contributed by atoms with E-state index in [1.165, 1.54) is 31.2 Å². The fraction of sp³-hybridized carbons (Fsp3) is 0.176. The molecule has 1 unspecified atom stereocenters. The topological polar surface area (TPSA) is 73.1 Å². The number of anilines is 1. The molecule has 124 valence electrons. The first-order chi connectivity index (χ1) is 11.2. The number of carbonyl (C=O) groups is 1. The van der Waals surface area contributed by atoms with E-state index in [9.17, 15) is 23.1 Å². The minimum atomic E-state index is -4.73. The van der Waals surface area contributed by atoms with E-state index < -0.39 is 28.8 Å². The minimum Gasteiger partial charge on any atom is -0.376 e. The van der Waals surface area contributed by atoms with Crippen LogP contribution < -0.4 is 5.32 Å². The third-order valence-corrected chi connectivity index (χ3v) is 3.48. The Balaban J connectivity index is 2.32. The van der Waals surface area contributed by atoms with Crippen LogP contribution >= 0.6 is 0 Å². The van der Waals surface area contributed by atoms with Gasteiger partial charge in [-0.2, -0.15) is 18.4 Å². The molecule has 0 saturated heterocycles. The molecular formula is C17H13F3N2O2. The second kappa shape index (κ2) is 6.34. The standard InChI is InChI=1S/C17H13F3N2O2/c1-16(24,12-5-3-2-4-6-12)15(23)22-13-8-7-11(10-21)14(9-13)17(18,19)20/h2-9,24H,1H3,(H,22,23). The van der Waals surface area contributed by atoms with Gasteiger partial charge in [-0.15, -0.1) is 0 Å². The molecule has 0 bridgehead atoms. The number of nitrogens with one attached hydrogen (secondary N) is 1. The maximum absolute atomic E-state index is 12.9. The molecule has 24 heavy (non-hydrogen) atoms. The van der Waals surface area contributed by atoms with E-state index in [1.807, 2.05) is 0 Å². The van der Waals surface area contributed by atoms with Crippen molar-refractivity contribution in [1.29, 1.82) is 5.26 Å². The molecule has 4 nitrogen and oxygen atoms in total. The number of amides is 1.